The molecule has 3 aromatic heterocycles. The summed E-state index contributed by atoms with van der Waals surface area (Å²) in [6, 6.07) is 5.70. The van der Waals surface area contributed by atoms with Gasteiger partial charge in [0.05, 0.1) is 18.4 Å². The Labute approximate surface area is 114 Å². The highest BCUT2D eigenvalue weighted by molar-refractivity contribution is 6.29. The van der Waals surface area contributed by atoms with Crippen molar-refractivity contribution in [2.45, 2.75) is 13.0 Å². The fraction of sp³-hybridized carbons (Fsp3) is 0.167. The van der Waals surface area contributed by atoms with Crippen LogP contribution in [0.2, 0.25) is 5.15 Å². The number of halogens is 1. The molecule has 96 valence electrons. The van der Waals surface area contributed by atoms with E-state index < -0.39 is 0 Å². The monoisotopic (exact) mass is 274 g/mol. The van der Waals surface area contributed by atoms with Crippen LogP contribution in [0.3, 0.4) is 0 Å². The fourth-order valence-electron chi connectivity index (χ4n) is 1.85. The molecule has 0 fully saturated rings. The minimum atomic E-state index is -0.0647. The lowest BCUT2D eigenvalue weighted by molar-refractivity contribution is 0.767. The molecule has 0 amide bonds. The molecule has 0 radical (unpaired) electrons. The molecule has 1 N–H and O–H groups in total. The average molecular weight is 275 g/mol. The summed E-state index contributed by atoms with van der Waals surface area (Å²) < 4.78 is 1.93. The Morgan fingerprint density at radius 2 is 2.16 bits per heavy atom. The third kappa shape index (κ3) is 2.34. The SMILES string of the molecule is CC(Nc1cncc(Cl)n1)c1nnc2ccccn12. The van der Waals surface area contributed by atoms with Crippen LogP contribution in [-0.2, 0) is 0 Å². The summed E-state index contributed by atoms with van der Waals surface area (Å²) >= 11 is 5.80. The van der Waals surface area contributed by atoms with Gasteiger partial charge in [-0.25, -0.2) is 4.98 Å². The maximum Gasteiger partial charge on any atom is 0.160 e. The number of rotatable bonds is 3. The molecule has 7 heteroatoms. The van der Waals surface area contributed by atoms with Crippen molar-refractivity contribution in [3.8, 4) is 0 Å². The van der Waals surface area contributed by atoms with Gasteiger partial charge in [0.1, 0.15) is 11.0 Å². The van der Waals surface area contributed by atoms with Crippen molar-refractivity contribution in [1.29, 1.82) is 0 Å². The van der Waals surface area contributed by atoms with Crippen LogP contribution in [-0.4, -0.2) is 24.6 Å². The summed E-state index contributed by atoms with van der Waals surface area (Å²) in [6.07, 6.45) is 5.03. The fourth-order valence-corrected chi connectivity index (χ4v) is 2.00. The Hall–Kier alpha value is -2.21. The lowest BCUT2D eigenvalue weighted by Gasteiger charge is -2.12. The number of anilines is 1. The van der Waals surface area contributed by atoms with E-state index in [1.807, 2.05) is 35.7 Å². The first-order chi connectivity index (χ1) is 9.24. The van der Waals surface area contributed by atoms with Crippen LogP contribution in [0.1, 0.15) is 18.8 Å². The molecule has 0 saturated heterocycles. The molecule has 19 heavy (non-hydrogen) atoms. The van der Waals surface area contributed by atoms with Gasteiger partial charge in [0, 0.05) is 6.20 Å². The van der Waals surface area contributed by atoms with E-state index in [0.29, 0.717) is 11.0 Å². The summed E-state index contributed by atoms with van der Waals surface area (Å²) in [5.41, 5.74) is 0.809. The predicted octanol–water partition coefficient (Wildman–Crippen LogP) is 2.35. The van der Waals surface area contributed by atoms with E-state index in [0.717, 1.165) is 11.5 Å². The number of fused-ring (bicyclic) bond motifs is 1. The zero-order valence-electron chi connectivity index (χ0n) is 10.2. The molecule has 3 rings (SSSR count). The van der Waals surface area contributed by atoms with Gasteiger partial charge in [0.2, 0.25) is 0 Å². The molecule has 0 aromatic carbocycles. The number of nitrogens with zero attached hydrogens (tertiary/aromatic N) is 5. The summed E-state index contributed by atoms with van der Waals surface area (Å²) in [7, 11) is 0. The van der Waals surface area contributed by atoms with Gasteiger partial charge in [-0.15, -0.1) is 10.2 Å². The predicted molar refractivity (Wildman–Crippen MR) is 72.1 cm³/mol. The van der Waals surface area contributed by atoms with E-state index >= 15 is 0 Å². The standard InChI is InChI=1S/C12H11ClN6/c1-8(15-10-7-14-6-9(13)16-10)12-18-17-11-4-2-3-5-19(11)12/h2-8H,1H3,(H,15,16). The van der Waals surface area contributed by atoms with Crippen molar-refractivity contribution in [1.82, 2.24) is 24.6 Å². The van der Waals surface area contributed by atoms with Crippen molar-refractivity contribution in [2.75, 3.05) is 5.32 Å². The Balaban J connectivity index is 1.90. The van der Waals surface area contributed by atoms with Crippen LogP contribution < -0.4 is 5.32 Å². The third-order valence-electron chi connectivity index (χ3n) is 2.70. The quantitative estimate of drug-likeness (QED) is 0.794. The van der Waals surface area contributed by atoms with E-state index in [1.165, 1.54) is 6.20 Å². The van der Waals surface area contributed by atoms with Gasteiger partial charge in [-0.2, -0.15) is 0 Å². The zero-order chi connectivity index (χ0) is 13.2. The van der Waals surface area contributed by atoms with Gasteiger partial charge < -0.3 is 5.32 Å². The number of pyridine rings is 1. The molecule has 3 heterocycles. The van der Waals surface area contributed by atoms with E-state index in [1.54, 1.807) is 6.20 Å². The van der Waals surface area contributed by atoms with Crippen LogP contribution in [0.4, 0.5) is 5.82 Å². The smallest absolute Gasteiger partial charge is 0.160 e. The van der Waals surface area contributed by atoms with Gasteiger partial charge in [0.15, 0.2) is 11.5 Å². The number of hydrogen-bond donors (Lipinski definition) is 1. The minimum absolute atomic E-state index is 0.0647. The molecular formula is C12H11ClN6. The van der Waals surface area contributed by atoms with E-state index in [2.05, 4.69) is 25.5 Å². The molecule has 0 aliphatic heterocycles. The number of nitrogens with one attached hydrogen (secondary N) is 1. The maximum atomic E-state index is 5.80. The second-order valence-corrected chi connectivity index (χ2v) is 4.47. The first-order valence-electron chi connectivity index (χ1n) is 5.78. The highest BCUT2D eigenvalue weighted by Gasteiger charge is 2.13. The molecule has 0 aliphatic rings. The second kappa shape index (κ2) is 4.81. The largest absolute Gasteiger partial charge is 0.359 e. The molecule has 3 aromatic rings. The third-order valence-corrected chi connectivity index (χ3v) is 2.88. The van der Waals surface area contributed by atoms with Gasteiger partial charge in [0.25, 0.3) is 0 Å². The Morgan fingerprint density at radius 3 is 3.00 bits per heavy atom. The Kier molecular flexibility index (Phi) is 3.00. The van der Waals surface area contributed by atoms with Crippen molar-refractivity contribution < 1.29 is 0 Å². The van der Waals surface area contributed by atoms with Gasteiger partial charge >= 0.3 is 0 Å². The van der Waals surface area contributed by atoms with Crippen LogP contribution in [0.5, 0.6) is 0 Å². The van der Waals surface area contributed by atoms with E-state index in [4.69, 9.17) is 11.6 Å². The minimum Gasteiger partial charge on any atom is -0.359 e. The van der Waals surface area contributed by atoms with Gasteiger partial charge in [-0.1, -0.05) is 17.7 Å². The van der Waals surface area contributed by atoms with Crippen molar-refractivity contribution in [3.63, 3.8) is 0 Å². The topological polar surface area (TPSA) is 68.0 Å². The van der Waals surface area contributed by atoms with E-state index in [9.17, 15) is 0 Å². The molecule has 1 unspecified atom stereocenters. The molecule has 6 nitrogen and oxygen atoms in total. The highest BCUT2D eigenvalue weighted by atomic mass is 35.5. The van der Waals surface area contributed by atoms with Crippen LogP contribution >= 0.6 is 11.6 Å². The second-order valence-electron chi connectivity index (χ2n) is 4.08. The Morgan fingerprint density at radius 1 is 1.26 bits per heavy atom. The van der Waals surface area contributed by atoms with Crippen LogP contribution in [0.15, 0.2) is 36.8 Å². The summed E-state index contributed by atoms with van der Waals surface area (Å²) in [6.45, 7) is 1.98. The summed E-state index contributed by atoms with van der Waals surface area (Å²) in [5.74, 6) is 1.41. The first-order valence-corrected chi connectivity index (χ1v) is 6.15. The molecule has 0 bridgehead atoms. The molecule has 0 saturated carbocycles. The zero-order valence-corrected chi connectivity index (χ0v) is 10.9. The molecule has 0 spiro atoms. The molecule has 1 atom stereocenters. The number of hydrogen-bond acceptors (Lipinski definition) is 5. The summed E-state index contributed by atoms with van der Waals surface area (Å²) in [5, 5.41) is 11.8. The van der Waals surface area contributed by atoms with Crippen molar-refractivity contribution >= 4 is 23.1 Å². The molecular weight excluding hydrogens is 264 g/mol. The summed E-state index contributed by atoms with van der Waals surface area (Å²) in [4.78, 5) is 8.12. The number of aromatic nitrogens is 5. The van der Waals surface area contributed by atoms with Crippen LogP contribution in [0, 0.1) is 0 Å². The van der Waals surface area contributed by atoms with E-state index in [-0.39, 0.29) is 6.04 Å². The first kappa shape index (κ1) is 11.9. The van der Waals surface area contributed by atoms with Gasteiger partial charge in [-0.05, 0) is 19.1 Å². The van der Waals surface area contributed by atoms with Gasteiger partial charge in [-0.3, -0.25) is 9.38 Å². The Bertz CT molecular complexity index is 710. The van der Waals surface area contributed by atoms with Crippen molar-refractivity contribution in [3.05, 3.63) is 47.8 Å². The average Bonchev–Trinajstić information content (AvgIpc) is 2.82. The lowest BCUT2D eigenvalue weighted by Crippen LogP contribution is -2.11. The lowest BCUT2D eigenvalue weighted by atomic mass is 10.3. The van der Waals surface area contributed by atoms with Crippen molar-refractivity contribution in [2.24, 2.45) is 0 Å². The maximum absolute atomic E-state index is 5.80. The highest BCUT2D eigenvalue weighted by Crippen LogP contribution is 2.17. The normalized spacial score (nSPS) is 12.5. The van der Waals surface area contributed by atoms with Crippen LogP contribution in [0.25, 0.3) is 5.65 Å². The molecule has 0 aliphatic carbocycles.